The highest BCUT2D eigenvalue weighted by molar-refractivity contribution is 5.58. The van der Waals surface area contributed by atoms with E-state index in [-0.39, 0.29) is 39.6 Å². The van der Waals surface area contributed by atoms with Crippen molar-refractivity contribution in [2.75, 3.05) is 92.5 Å². The van der Waals surface area contributed by atoms with Gasteiger partial charge in [-0.15, -0.1) is 0 Å². The van der Waals surface area contributed by atoms with Crippen LogP contribution in [0.25, 0.3) is 0 Å². The van der Waals surface area contributed by atoms with Crippen LogP contribution in [0.5, 0.6) is 0 Å². The van der Waals surface area contributed by atoms with Crippen LogP contribution >= 0.6 is 0 Å². The van der Waals surface area contributed by atoms with Crippen molar-refractivity contribution in [2.45, 2.75) is 0 Å². The number of aliphatic hydroxyl groups is 8. The van der Waals surface area contributed by atoms with Crippen LogP contribution in [0, 0.1) is 10.8 Å². The van der Waals surface area contributed by atoms with E-state index >= 15 is 0 Å². The number of carbonyl (C=O) groups is 6. The lowest BCUT2D eigenvalue weighted by atomic mass is 9.93. The Hall–Kier alpha value is -6.26. The van der Waals surface area contributed by atoms with E-state index in [4.69, 9.17) is 71.5 Å². The molecule has 26 nitrogen and oxygen atoms in total. The van der Waals surface area contributed by atoms with Gasteiger partial charge in [0.05, 0.1) is 63.7 Å². The SMILES string of the molecule is C=CCOC(=O)O.C=CCOC(=O)O.C=CCOC(=O)O.C=CCOC(=O)O.C=CCOC(=O)O.C=CCOC(=O)O.OCC(CO)(CO)CO.OCC(CO)(CO)CO. The summed E-state index contributed by atoms with van der Waals surface area (Å²) in [6, 6.07) is 0. The summed E-state index contributed by atoms with van der Waals surface area (Å²) in [7, 11) is 0. The van der Waals surface area contributed by atoms with Gasteiger partial charge in [0, 0.05) is 0 Å². The molecule has 0 aliphatic rings. The van der Waals surface area contributed by atoms with Gasteiger partial charge in [0.25, 0.3) is 0 Å². The summed E-state index contributed by atoms with van der Waals surface area (Å²) >= 11 is 0. The van der Waals surface area contributed by atoms with E-state index in [0.29, 0.717) is 0 Å². The molecule has 0 heterocycles. The summed E-state index contributed by atoms with van der Waals surface area (Å²) in [6.07, 6.45) is 0.631. The van der Waals surface area contributed by atoms with E-state index in [1.54, 1.807) is 0 Å². The molecular formula is C34H60O26. The molecular weight excluding hydrogens is 824 g/mol. The first-order valence-corrected chi connectivity index (χ1v) is 15.8. The van der Waals surface area contributed by atoms with Crippen molar-refractivity contribution in [1.29, 1.82) is 0 Å². The Morgan fingerprint density at radius 2 is 0.400 bits per heavy atom. The van der Waals surface area contributed by atoms with Crippen LogP contribution in [0.4, 0.5) is 28.8 Å². The maximum absolute atomic E-state index is 9.49. The van der Waals surface area contributed by atoms with Crippen molar-refractivity contribution in [1.82, 2.24) is 0 Å². The molecule has 0 aromatic carbocycles. The largest absolute Gasteiger partial charge is 0.506 e. The Morgan fingerprint density at radius 1 is 0.300 bits per heavy atom. The zero-order valence-corrected chi connectivity index (χ0v) is 32.8. The maximum atomic E-state index is 9.49. The van der Waals surface area contributed by atoms with Crippen LogP contribution in [-0.2, 0) is 28.4 Å². The summed E-state index contributed by atoms with van der Waals surface area (Å²) in [6.45, 7) is 16.6. The second-order valence-corrected chi connectivity index (χ2v) is 9.46. The third kappa shape index (κ3) is 76.5. The lowest BCUT2D eigenvalue weighted by Crippen LogP contribution is -2.37. The Labute approximate surface area is 344 Å². The van der Waals surface area contributed by atoms with Gasteiger partial charge in [-0.3, -0.25) is 0 Å². The predicted molar refractivity (Wildman–Crippen MR) is 207 cm³/mol. The number of hydrogen-bond acceptors (Lipinski definition) is 20. The first-order chi connectivity index (χ1) is 28.1. The molecule has 0 atom stereocenters. The molecule has 14 N–H and O–H groups in total. The monoisotopic (exact) mass is 884 g/mol. The van der Waals surface area contributed by atoms with Crippen LogP contribution < -0.4 is 0 Å². The predicted octanol–water partition coefficient (Wildman–Crippen LogP) is 1.09. The fraction of sp³-hybridized carbons (Fsp3) is 0.471. The van der Waals surface area contributed by atoms with E-state index in [2.05, 4.69) is 67.9 Å². The highest BCUT2D eigenvalue weighted by Gasteiger charge is 2.27. The van der Waals surface area contributed by atoms with Crippen LogP contribution in [0.15, 0.2) is 75.9 Å². The first kappa shape index (κ1) is 71.4. The summed E-state index contributed by atoms with van der Waals surface area (Å²) in [5.41, 5.74) is -2.22. The van der Waals surface area contributed by atoms with Gasteiger partial charge in [-0.2, -0.15) is 0 Å². The van der Waals surface area contributed by atoms with E-state index in [1.807, 2.05) is 0 Å². The Morgan fingerprint density at radius 3 is 0.417 bits per heavy atom. The van der Waals surface area contributed by atoms with Crippen molar-refractivity contribution >= 4 is 36.9 Å². The van der Waals surface area contributed by atoms with Crippen molar-refractivity contribution < 1.29 is 129 Å². The molecule has 0 aliphatic carbocycles. The molecule has 0 aliphatic heterocycles. The minimum Gasteiger partial charge on any atom is -0.450 e. The van der Waals surface area contributed by atoms with E-state index in [1.165, 1.54) is 36.5 Å². The molecule has 60 heavy (non-hydrogen) atoms. The molecule has 0 fully saturated rings. The third-order valence-electron chi connectivity index (χ3n) is 4.63. The van der Waals surface area contributed by atoms with Crippen LogP contribution in [-0.4, -0.2) is 201 Å². The smallest absolute Gasteiger partial charge is 0.450 e. The van der Waals surface area contributed by atoms with Crippen LogP contribution in [0.1, 0.15) is 0 Å². The summed E-state index contributed by atoms with van der Waals surface area (Å²) in [5.74, 6) is 0. The summed E-state index contributed by atoms with van der Waals surface area (Å²) < 4.78 is 23.9. The van der Waals surface area contributed by atoms with Gasteiger partial charge < -0.3 is 99.9 Å². The third-order valence-corrected chi connectivity index (χ3v) is 4.63. The number of aliphatic hydroxyl groups excluding tert-OH is 8. The molecule has 0 aromatic heterocycles. The van der Waals surface area contributed by atoms with Gasteiger partial charge in [-0.1, -0.05) is 75.9 Å². The second kappa shape index (κ2) is 57.1. The highest BCUT2D eigenvalue weighted by Crippen LogP contribution is 2.12. The zero-order valence-electron chi connectivity index (χ0n) is 32.8. The molecule has 0 saturated carbocycles. The van der Waals surface area contributed by atoms with Crippen molar-refractivity contribution in [3.8, 4) is 0 Å². The second-order valence-electron chi connectivity index (χ2n) is 9.46. The van der Waals surface area contributed by atoms with Crippen molar-refractivity contribution in [3.05, 3.63) is 75.9 Å². The lowest BCUT2D eigenvalue weighted by molar-refractivity contribution is -0.0332. The molecule has 0 bridgehead atoms. The number of ether oxygens (including phenoxy) is 6. The van der Waals surface area contributed by atoms with Crippen molar-refractivity contribution in [3.63, 3.8) is 0 Å². The Bertz CT molecular complexity index is 891. The molecule has 0 aromatic rings. The summed E-state index contributed by atoms with van der Waals surface area (Å²) in [4.78, 5) is 56.9. The van der Waals surface area contributed by atoms with Crippen LogP contribution in [0.2, 0.25) is 0 Å². The molecule has 0 saturated heterocycles. The minimum absolute atomic E-state index is 0.0648. The highest BCUT2D eigenvalue weighted by atomic mass is 16.7. The maximum Gasteiger partial charge on any atom is 0.506 e. The fourth-order valence-electron chi connectivity index (χ4n) is 1.38. The standard InChI is InChI=1S/2C5H12O4.6C4H6O3/c2*6-1-5(2-7,3-8)4-9;6*1-2-3-7-4(5)6/h2*6-9H,1-4H2;6*2H,1,3H2,(H,5,6). The zero-order chi connectivity index (χ0) is 48.8. The molecule has 26 heteroatoms. The average molecular weight is 885 g/mol. The lowest BCUT2D eigenvalue weighted by Gasteiger charge is -2.23. The molecule has 0 rings (SSSR count). The number of carboxylic acid groups (broad SMARTS) is 6. The van der Waals surface area contributed by atoms with E-state index < -0.39 is 101 Å². The van der Waals surface area contributed by atoms with Gasteiger partial charge in [-0.25, -0.2) is 28.8 Å². The molecule has 0 spiro atoms. The molecule has 352 valence electrons. The van der Waals surface area contributed by atoms with Gasteiger partial charge in [0.1, 0.15) is 39.6 Å². The van der Waals surface area contributed by atoms with Gasteiger partial charge in [-0.05, 0) is 0 Å². The Balaban J connectivity index is -0.0000000861. The number of rotatable bonds is 20. The Kier molecular flexibility index (Phi) is 68.0. The quantitative estimate of drug-likeness (QED) is 0.0462. The van der Waals surface area contributed by atoms with Gasteiger partial charge >= 0.3 is 36.9 Å². The first-order valence-electron chi connectivity index (χ1n) is 15.8. The normalized spacial score (nSPS) is 8.80. The number of hydrogen-bond donors (Lipinski definition) is 14. The molecule has 0 unspecified atom stereocenters. The van der Waals surface area contributed by atoms with E-state index in [0.717, 1.165) is 0 Å². The van der Waals surface area contributed by atoms with Gasteiger partial charge in [0.15, 0.2) is 0 Å². The van der Waals surface area contributed by atoms with Crippen molar-refractivity contribution in [2.24, 2.45) is 10.8 Å². The van der Waals surface area contributed by atoms with Crippen LogP contribution in [0.3, 0.4) is 0 Å². The summed E-state index contributed by atoms with van der Waals surface area (Å²) in [5, 5.41) is 115. The molecule has 0 amide bonds. The van der Waals surface area contributed by atoms with E-state index in [9.17, 15) is 28.8 Å². The van der Waals surface area contributed by atoms with Gasteiger partial charge in [0.2, 0.25) is 0 Å². The average Bonchev–Trinajstić information content (AvgIpc) is 3.22. The fourth-order valence-corrected chi connectivity index (χ4v) is 1.38. The minimum atomic E-state index is -1.26. The topological polar surface area (TPSA) is 441 Å². The molecule has 0 radical (unpaired) electrons.